The predicted molar refractivity (Wildman–Crippen MR) is 60.7 cm³/mol. The molecule has 1 fully saturated rings. The molecule has 0 N–H and O–H groups in total. The number of thiophene rings is 1. The Morgan fingerprint density at radius 1 is 1.47 bits per heavy atom. The number of anilines is 1. The Morgan fingerprint density at radius 3 is 2.82 bits per heavy atom. The van der Waals surface area contributed by atoms with E-state index >= 15 is 0 Å². The summed E-state index contributed by atoms with van der Waals surface area (Å²) < 4.78 is 37.9. The molecule has 2 nitrogen and oxygen atoms in total. The Hall–Kier alpha value is -1.04. The molecule has 1 saturated heterocycles. The van der Waals surface area contributed by atoms with Crippen LogP contribution in [-0.4, -0.2) is 25.6 Å². The van der Waals surface area contributed by atoms with Crippen LogP contribution in [0.15, 0.2) is 11.4 Å². The van der Waals surface area contributed by atoms with Crippen molar-refractivity contribution in [3.8, 4) is 0 Å². The van der Waals surface area contributed by atoms with Gasteiger partial charge in [-0.05, 0) is 18.9 Å². The van der Waals surface area contributed by atoms with Gasteiger partial charge in [-0.1, -0.05) is 0 Å². The zero-order valence-corrected chi connectivity index (χ0v) is 9.85. The lowest BCUT2D eigenvalue weighted by molar-refractivity contribution is -0.175. The molecule has 1 aromatic rings. The summed E-state index contributed by atoms with van der Waals surface area (Å²) in [5, 5.41) is 1.74. The van der Waals surface area contributed by atoms with Crippen LogP contribution < -0.4 is 4.90 Å². The number of carbonyl (C=O) groups excluding carboxylic acids is 1. The molecule has 2 rings (SSSR count). The molecular weight excluding hydrogens is 251 g/mol. The van der Waals surface area contributed by atoms with E-state index in [1.165, 1.54) is 11.3 Å². The zero-order chi connectivity index (χ0) is 12.5. The van der Waals surface area contributed by atoms with E-state index in [1.807, 2.05) is 0 Å². The van der Waals surface area contributed by atoms with Crippen molar-refractivity contribution in [2.24, 2.45) is 5.92 Å². The van der Waals surface area contributed by atoms with Gasteiger partial charge in [0.1, 0.15) is 0 Å². The van der Waals surface area contributed by atoms with Crippen LogP contribution in [0.2, 0.25) is 0 Å². The Labute approximate surface area is 101 Å². The van der Waals surface area contributed by atoms with Crippen LogP contribution in [-0.2, 0) is 0 Å². The molecule has 94 valence electrons. The first-order valence-electron chi connectivity index (χ1n) is 5.36. The number of hydrogen-bond donors (Lipinski definition) is 0. The highest BCUT2D eigenvalue weighted by molar-refractivity contribution is 7.12. The molecule has 2 heterocycles. The van der Waals surface area contributed by atoms with E-state index in [1.54, 1.807) is 16.3 Å². The molecule has 0 spiro atoms. The first kappa shape index (κ1) is 12.4. The van der Waals surface area contributed by atoms with Gasteiger partial charge < -0.3 is 4.90 Å². The molecule has 6 heteroatoms. The third-order valence-corrected chi connectivity index (χ3v) is 3.82. The third-order valence-electron chi connectivity index (χ3n) is 2.97. The minimum atomic E-state index is -4.12. The highest BCUT2D eigenvalue weighted by atomic mass is 32.1. The molecule has 0 aromatic carbocycles. The molecule has 0 aliphatic carbocycles. The fourth-order valence-electron chi connectivity index (χ4n) is 2.05. The van der Waals surface area contributed by atoms with Crippen molar-refractivity contribution in [2.45, 2.75) is 19.0 Å². The van der Waals surface area contributed by atoms with Crippen LogP contribution in [0, 0.1) is 5.92 Å². The van der Waals surface area contributed by atoms with Crippen molar-refractivity contribution >= 4 is 23.3 Å². The van der Waals surface area contributed by atoms with Crippen LogP contribution in [0.1, 0.15) is 22.5 Å². The topological polar surface area (TPSA) is 20.3 Å². The molecule has 1 unspecified atom stereocenters. The van der Waals surface area contributed by atoms with Gasteiger partial charge in [0.2, 0.25) is 0 Å². The summed E-state index contributed by atoms with van der Waals surface area (Å²) in [6.45, 7) is 0.625. The summed E-state index contributed by atoms with van der Waals surface area (Å²) in [5.41, 5.74) is 0.728. The number of hydrogen-bond acceptors (Lipinski definition) is 3. The Balaban J connectivity index is 2.09. The van der Waals surface area contributed by atoms with E-state index in [4.69, 9.17) is 0 Å². The summed E-state index contributed by atoms with van der Waals surface area (Å²) in [4.78, 5) is 12.8. The quantitative estimate of drug-likeness (QED) is 0.763. The molecule has 0 saturated carbocycles. The van der Waals surface area contributed by atoms with Crippen molar-refractivity contribution in [1.29, 1.82) is 0 Å². The Morgan fingerprint density at radius 2 is 2.24 bits per heavy atom. The summed E-state index contributed by atoms with van der Waals surface area (Å²) >= 11 is 1.26. The standard InChI is InChI=1S/C11H12F3NOS/c12-11(13,14)8-2-1-3-15(5-8)9-4-10(6-16)17-7-9/h4,6-8H,1-3,5H2. The van der Waals surface area contributed by atoms with Gasteiger partial charge in [-0.15, -0.1) is 11.3 Å². The zero-order valence-electron chi connectivity index (χ0n) is 9.04. The van der Waals surface area contributed by atoms with E-state index in [9.17, 15) is 18.0 Å². The number of aldehydes is 1. The van der Waals surface area contributed by atoms with E-state index in [-0.39, 0.29) is 13.0 Å². The number of piperidine rings is 1. The highest BCUT2D eigenvalue weighted by Crippen LogP contribution is 2.35. The number of alkyl halides is 3. The monoisotopic (exact) mass is 263 g/mol. The van der Waals surface area contributed by atoms with E-state index in [2.05, 4.69) is 0 Å². The van der Waals surface area contributed by atoms with Crippen LogP contribution in [0.3, 0.4) is 0 Å². The smallest absolute Gasteiger partial charge is 0.370 e. The number of rotatable bonds is 2. The van der Waals surface area contributed by atoms with Gasteiger partial charge in [0, 0.05) is 24.2 Å². The maximum Gasteiger partial charge on any atom is 0.393 e. The van der Waals surface area contributed by atoms with Gasteiger partial charge >= 0.3 is 6.18 Å². The number of nitrogens with zero attached hydrogens (tertiary/aromatic N) is 1. The Kier molecular flexibility index (Phi) is 3.42. The molecule has 1 aliphatic heterocycles. The van der Waals surface area contributed by atoms with Crippen LogP contribution in [0.4, 0.5) is 18.9 Å². The number of halogens is 3. The fourth-order valence-corrected chi connectivity index (χ4v) is 2.77. The van der Waals surface area contributed by atoms with Crippen molar-refractivity contribution in [3.05, 3.63) is 16.3 Å². The summed E-state index contributed by atoms with van der Waals surface area (Å²) in [5.74, 6) is -1.25. The molecule has 0 radical (unpaired) electrons. The highest BCUT2D eigenvalue weighted by Gasteiger charge is 2.41. The lowest BCUT2D eigenvalue weighted by Gasteiger charge is -2.34. The molecule has 1 atom stereocenters. The molecular formula is C11H12F3NOS. The van der Waals surface area contributed by atoms with Gasteiger partial charge in [-0.25, -0.2) is 0 Å². The van der Waals surface area contributed by atoms with E-state index < -0.39 is 12.1 Å². The summed E-state index contributed by atoms with van der Waals surface area (Å²) in [6.07, 6.45) is -2.66. The van der Waals surface area contributed by atoms with Gasteiger partial charge in [0.25, 0.3) is 0 Å². The average molecular weight is 263 g/mol. The first-order chi connectivity index (χ1) is 8.00. The second-order valence-electron chi connectivity index (χ2n) is 4.15. The van der Waals surface area contributed by atoms with Crippen molar-refractivity contribution in [2.75, 3.05) is 18.0 Å². The molecule has 0 amide bonds. The predicted octanol–water partition coefficient (Wildman–Crippen LogP) is 3.34. The normalized spacial score (nSPS) is 21.6. The fraction of sp³-hybridized carbons (Fsp3) is 0.545. The molecule has 1 aromatic heterocycles. The van der Waals surface area contributed by atoms with Gasteiger partial charge in [-0.2, -0.15) is 13.2 Å². The second-order valence-corrected chi connectivity index (χ2v) is 5.09. The van der Waals surface area contributed by atoms with Crippen LogP contribution in [0.5, 0.6) is 0 Å². The van der Waals surface area contributed by atoms with Crippen LogP contribution >= 0.6 is 11.3 Å². The minimum Gasteiger partial charge on any atom is -0.370 e. The van der Waals surface area contributed by atoms with Crippen LogP contribution in [0.25, 0.3) is 0 Å². The largest absolute Gasteiger partial charge is 0.393 e. The van der Waals surface area contributed by atoms with Crippen molar-refractivity contribution in [3.63, 3.8) is 0 Å². The lowest BCUT2D eigenvalue weighted by Crippen LogP contribution is -2.41. The average Bonchev–Trinajstić information content (AvgIpc) is 2.76. The third kappa shape index (κ3) is 2.80. The van der Waals surface area contributed by atoms with E-state index in [0.717, 1.165) is 12.0 Å². The van der Waals surface area contributed by atoms with Crippen molar-refractivity contribution in [1.82, 2.24) is 0 Å². The van der Waals surface area contributed by atoms with Crippen molar-refractivity contribution < 1.29 is 18.0 Å². The lowest BCUT2D eigenvalue weighted by atomic mass is 9.97. The minimum absolute atomic E-state index is 0.00146. The summed E-state index contributed by atoms with van der Waals surface area (Å²) in [6, 6.07) is 1.65. The second kappa shape index (κ2) is 4.68. The van der Waals surface area contributed by atoms with E-state index in [0.29, 0.717) is 17.8 Å². The molecule has 1 aliphatic rings. The molecule has 0 bridgehead atoms. The first-order valence-corrected chi connectivity index (χ1v) is 6.24. The van der Waals surface area contributed by atoms with Gasteiger partial charge in [0.15, 0.2) is 6.29 Å². The van der Waals surface area contributed by atoms with Gasteiger partial charge in [0.05, 0.1) is 10.8 Å². The SMILES string of the molecule is O=Cc1cc(N2CCCC(C(F)(F)F)C2)cs1. The molecule has 17 heavy (non-hydrogen) atoms. The maximum atomic E-state index is 12.6. The maximum absolute atomic E-state index is 12.6. The summed E-state index contributed by atoms with van der Waals surface area (Å²) in [7, 11) is 0. The Bertz CT molecular complexity index is 402. The van der Waals surface area contributed by atoms with Gasteiger partial charge in [-0.3, -0.25) is 4.79 Å². The number of carbonyl (C=O) groups is 1.